The van der Waals surface area contributed by atoms with Crippen LogP contribution >= 0.6 is 0 Å². The number of nitrogens with zero attached hydrogens (tertiary/aromatic N) is 3. The first kappa shape index (κ1) is 21.8. The smallest absolute Gasteiger partial charge is 0.226 e. The van der Waals surface area contributed by atoms with Crippen molar-refractivity contribution in [2.24, 2.45) is 0 Å². The fraction of sp³-hybridized carbons (Fsp3) is 0.222. The largest absolute Gasteiger partial charge is 0.355 e. The SMILES string of the molecule is Cc1ccc(-c2nc3c(C)cccn3c2CC(=O)NCCc2nc3ccc(F)cc3[nH]2)cc1C. The molecule has 0 atom stereocenters. The maximum Gasteiger partial charge on any atom is 0.226 e. The Kier molecular flexibility index (Phi) is 5.61. The number of halogens is 1. The first-order valence-corrected chi connectivity index (χ1v) is 11.3. The highest BCUT2D eigenvalue weighted by molar-refractivity contribution is 5.82. The molecule has 3 aromatic heterocycles. The van der Waals surface area contributed by atoms with Gasteiger partial charge in [-0.25, -0.2) is 14.4 Å². The predicted octanol–water partition coefficient (Wildman–Crippen LogP) is 4.84. The van der Waals surface area contributed by atoms with Gasteiger partial charge in [-0.1, -0.05) is 18.2 Å². The quantitative estimate of drug-likeness (QED) is 0.385. The third-order valence-corrected chi connectivity index (χ3v) is 6.23. The molecule has 0 saturated heterocycles. The van der Waals surface area contributed by atoms with Crippen molar-refractivity contribution in [3.8, 4) is 11.3 Å². The van der Waals surface area contributed by atoms with Gasteiger partial charge in [0.25, 0.3) is 0 Å². The molecule has 3 heterocycles. The van der Waals surface area contributed by atoms with Gasteiger partial charge in [-0.3, -0.25) is 4.79 Å². The zero-order chi connectivity index (χ0) is 23.8. The summed E-state index contributed by atoms with van der Waals surface area (Å²) in [6, 6.07) is 14.7. The number of amides is 1. The van der Waals surface area contributed by atoms with E-state index in [9.17, 15) is 9.18 Å². The number of aromatic amines is 1. The van der Waals surface area contributed by atoms with Crippen molar-refractivity contribution in [1.82, 2.24) is 24.7 Å². The number of benzene rings is 2. The number of H-pyrrole nitrogens is 1. The molecule has 2 aromatic carbocycles. The highest BCUT2D eigenvalue weighted by Crippen LogP contribution is 2.28. The number of hydrogen-bond acceptors (Lipinski definition) is 3. The van der Waals surface area contributed by atoms with Crippen LogP contribution in [-0.4, -0.2) is 31.8 Å². The maximum atomic E-state index is 13.4. The molecule has 1 amide bonds. The summed E-state index contributed by atoms with van der Waals surface area (Å²) in [5.41, 5.74) is 8.37. The summed E-state index contributed by atoms with van der Waals surface area (Å²) in [5.74, 6) is 0.316. The summed E-state index contributed by atoms with van der Waals surface area (Å²) in [6.45, 7) is 6.62. The van der Waals surface area contributed by atoms with Crippen molar-refractivity contribution in [1.29, 1.82) is 0 Å². The van der Waals surface area contributed by atoms with Crippen molar-refractivity contribution in [2.75, 3.05) is 6.54 Å². The zero-order valence-corrected chi connectivity index (χ0v) is 19.4. The van der Waals surface area contributed by atoms with Crippen LogP contribution < -0.4 is 5.32 Å². The van der Waals surface area contributed by atoms with Crippen LogP contribution in [0.25, 0.3) is 27.9 Å². The van der Waals surface area contributed by atoms with E-state index in [4.69, 9.17) is 4.98 Å². The summed E-state index contributed by atoms with van der Waals surface area (Å²) in [5, 5.41) is 2.99. The summed E-state index contributed by atoms with van der Waals surface area (Å²) in [4.78, 5) is 25.4. The predicted molar refractivity (Wildman–Crippen MR) is 131 cm³/mol. The molecular weight excluding hydrogens is 429 g/mol. The van der Waals surface area contributed by atoms with Gasteiger partial charge in [0.05, 0.1) is 28.8 Å². The number of pyridine rings is 1. The highest BCUT2D eigenvalue weighted by Gasteiger charge is 2.18. The normalized spacial score (nSPS) is 11.4. The molecular formula is C27H26FN5O. The second kappa shape index (κ2) is 8.74. The Bertz CT molecular complexity index is 1530. The third-order valence-electron chi connectivity index (χ3n) is 6.23. The molecule has 7 heteroatoms. The van der Waals surface area contributed by atoms with Crippen LogP contribution in [0.4, 0.5) is 4.39 Å². The standard InChI is InChI=1S/C27H26FN5O/c1-16-6-7-19(13-18(16)3)26-23(33-12-4-5-17(2)27(33)32-26)15-25(34)29-11-10-24-30-21-9-8-20(28)14-22(21)31-24/h4-9,12-14H,10-11,15H2,1-3H3,(H,29,34)(H,30,31). The van der Waals surface area contributed by atoms with Gasteiger partial charge in [-0.2, -0.15) is 0 Å². The summed E-state index contributed by atoms with van der Waals surface area (Å²) < 4.78 is 15.4. The van der Waals surface area contributed by atoms with Crippen molar-refractivity contribution in [3.05, 3.63) is 88.8 Å². The lowest BCUT2D eigenvalue weighted by Gasteiger charge is -2.08. The van der Waals surface area contributed by atoms with E-state index in [0.29, 0.717) is 29.8 Å². The van der Waals surface area contributed by atoms with Crippen molar-refractivity contribution in [2.45, 2.75) is 33.6 Å². The fourth-order valence-corrected chi connectivity index (χ4v) is 4.23. The number of imidazole rings is 2. The number of hydrogen-bond donors (Lipinski definition) is 2. The summed E-state index contributed by atoms with van der Waals surface area (Å²) in [7, 11) is 0. The van der Waals surface area contributed by atoms with Crippen LogP contribution in [0.1, 0.15) is 28.2 Å². The summed E-state index contributed by atoms with van der Waals surface area (Å²) >= 11 is 0. The van der Waals surface area contributed by atoms with Crippen LogP contribution in [0, 0.1) is 26.6 Å². The zero-order valence-electron chi connectivity index (χ0n) is 19.4. The van der Waals surface area contributed by atoms with Gasteiger partial charge in [0, 0.05) is 24.7 Å². The molecule has 5 rings (SSSR count). The Hall–Kier alpha value is -4.00. The number of aromatic nitrogens is 4. The topological polar surface area (TPSA) is 75.1 Å². The van der Waals surface area contributed by atoms with Crippen molar-refractivity contribution >= 4 is 22.6 Å². The van der Waals surface area contributed by atoms with Gasteiger partial charge < -0.3 is 14.7 Å². The van der Waals surface area contributed by atoms with Crippen molar-refractivity contribution < 1.29 is 9.18 Å². The lowest BCUT2D eigenvalue weighted by atomic mass is 10.0. The Morgan fingerprint density at radius 3 is 2.71 bits per heavy atom. The average molecular weight is 456 g/mol. The molecule has 0 fully saturated rings. The average Bonchev–Trinajstić information content (AvgIpc) is 3.37. The molecule has 0 bridgehead atoms. The van der Waals surface area contributed by atoms with E-state index in [1.165, 1.54) is 23.3 Å². The molecule has 6 nitrogen and oxygen atoms in total. The van der Waals surface area contributed by atoms with E-state index in [-0.39, 0.29) is 18.1 Å². The van der Waals surface area contributed by atoms with Crippen LogP contribution in [0.5, 0.6) is 0 Å². The van der Waals surface area contributed by atoms with Gasteiger partial charge >= 0.3 is 0 Å². The minimum Gasteiger partial charge on any atom is -0.355 e. The Labute approximate surface area is 196 Å². The molecule has 172 valence electrons. The number of nitrogens with one attached hydrogen (secondary N) is 2. The van der Waals surface area contributed by atoms with E-state index in [0.717, 1.165) is 28.2 Å². The van der Waals surface area contributed by atoms with Crippen LogP contribution in [0.2, 0.25) is 0 Å². The Morgan fingerprint density at radius 1 is 1.03 bits per heavy atom. The molecule has 0 radical (unpaired) electrons. The molecule has 2 N–H and O–H groups in total. The number of carbonyl (C=O) groups excluding carboxylic acids is 1. The lowest BCUT2D eigenvalue weighted by Crippen LogP contribution is -2.28. The molecule has 0 saturated carbocycles. The molecule has 34 heavy (non-hydrogen) atoms. The van der Waals surface area contributed by atoms with E-state index in [2.05, 4.69) is 47.3 Å². The second-order valence-corrected chi connectivity index (χ2v) is 8.71. The first-order valence-electron chi connectivity index (χ1n) is 11.3. The number of aryl methyl sites for hydroxylation is 3. The molecule has 5 aromatic rings. The van der Waals surface area contributed by atoms with Gasteiger partial charge in [-0.15, -0.1) is 0 Å². The second-order valence-electron chi connectivity index (χ2n) is 8.71. The van der Waals surface area contributed by atoms with Gasteiger partial charge in [0.15, 0.2) is 0 Å². The van der Waals surface area contributed by atoms with E-state index in [1.807, 2.05) is 29.7 Å². The molecule has 0 aliphatic carbocycles. The lowest BCUT2D eigenvalue weighted by molar-refractivity contribution is -0.120. The van der Waals surface area contributed by atoms with E-state index < -0.39 is 0 Å². The van der Waals surface area contributed by atoms with Crippen LogP contribution in [0.15, 0.2) is 54.7 Å². The number of carbonyl (C=O) groups is 1. The Balaban J connectivity index is 1.36. The fourth-order valence-electron chi connectivity index (χ4n) is 4.23. The molecule has 0 aliphatic heterocycles. The van der Waals surface area contributed by atoms with Crippen molar-refractivity contribution in [3.63, 3.8) is 0 Å². The monoisotopic (exact) mass is 455 g/mol. The first-order chi connectivity index (χ1) is 16.4. The number of rotatable bonds is 6. The van der Waals surface area contributed by atoms with E-state index >= 15 is 0 Å². The van der Waals surface area contributed by atoms with Gasteiger partial charge in [0.1, 0.15) is 17.3 Å². The van der Waals surface area contributed by atoms with Gasteiger partial charge in [-0.05, 0) is 67.8 Å². The molecule has 0 unspecified atom stereocenters. The third kappa shape index (κ3) is 4.17. The molecule has 0 spiro atoms. The van der Waals surface area contributed by atoms with Crippen LogP contribution in [0.3, 0.4) is 0 Å². The summed E-state index contributed by atoms with van der Waals surface area (Å²) in [6.07, 6.45) is 2.69. The Morgan fingerprint density at radius 2 is 1.88 bits per heavy atom. The highest BCUT2D eigenvalue weighted by atomic mass is 19.1. The van der Waals surface area contributed by atoms with Gasteiger partial charge in [0.2, 0.25) is 5.91 Å². The maximum absolute atomic E-state index is 13.4. The van der Waals surface area contributed by atoms with E-state index in [1.54, 1.807) is 6.07 Å². The molecule has 0 aliphatic rings. The number of fused-ring (bicyclic) bond motifs is 2. The van der Waals surface area contributed by atoms with Crippen LogP contribution in [-0.2, 0) is 17.6 Å². The minimum atomic E-state index is -0.307. The minimum absolute atomic E-state index is 0.0875.